The number of carbonyl (C=O) groups is 1. The Labute approximate surface area is 101 Å². The SMILES string of the molecule is CCNC(=O)CNc1c(F)cc([N+](=O)[O-])cc1F. The quantitative estimate of drug-likeness (QED) is 0.618. The van der Waals surface area contributed by atoms with Crippen LogP contribution in [0.1, 0.15) is 6.92 Å². The Balaban J connectivity index is 2.84. The normalized spacial score (nSPS) is 9.94. The molecule has 0 spiro atoms. The molecule has 0 fully saturated rings. The summed E-state index contributed by atoms with van der Waals surface area (Å²) in [5, 5.41) is 15.0. The summed E-state index contributed by atoms with van der Waals surface area (Å²) in [6.45, 7) is 1.77. The molecule has 0 bridgehead atoms. The van der Waals surface area contributed by atoms with Crippen LogP contribution in [0.5, 0.6) is 0 Å². The predicted molar refractivity (Wildman–Crippen MR) is 60.2 cm³/mol. The highest BCUT2D eigenvalue weighted by atomic mass is 19.1. The number of non-ortho nitro benzene ring substituents is 1. The van der Waals surface area contributed by atoms with Crippen molar-refractivity contribution in [2.45, 2.75) is 6.92 Å². The van der Waals surface area contributed by atoms with Gasteiger partial charge in [-0.25, -0.2) is 8.78 Å². The largest absolute Gasteiger partial charge is 0.371 e. The third-order valence-corrected chi connectivity index (χ3v) is 2.04. The van der Waals surface area contributed by atoms with Crippen LogP contribution >= 0.6 is 0 Å². The standard InChI is InChI=1S/C10H11F2N3O3/c1-2-13-9(16)5-14-10-7(11)3-6(15(17)18)4-8(10)12/h3-4,14H,2,5H2,1H3,(H,13,16). The van der Waals surface area contributed by atoms with Gasteiger partial charge in [0, 0.05) is 6.54 Å². The van der Waals surface area contributed by atoms with Gasteiger partial charge in [0.05, 0.1) is 23.6 Å². The van der Waals surface area contributed by atoms with Crippen LogP contribution in [-0.4, -0.2) is 23.9 Å². The molecular weight excluding hydrogens is 248 g/mol. The highest BCUT2D eigenvalue weighted by Crippen LogP contribution is 2.24. The molecule has 2 N–H and O–H groups in total. The van der Waals surface area contributed by atoms with Crippen LogP contribution in [0.25, 0.3) is 0 Å². The van der Waals surface area contributed by atoms with Gasteiger partial charge in [0.1, 0.15) is 5.69 Å². The fourth-order valence-electron chi connectivity index (χ4n) is 1.26. The van der Waals surface area contributed by atoms with E-state index in [1.54, 1.807) is 6.92 Å². The predicted octanol–water partition coefficient (Wildman–Crippen LogP) is 1.42. The maximum absolute atomic E-state index is 13.4. The van der Waals surface area contributed by atoms with E-state index in [1.807, 2.05) is 0 Å². The van der Waals surface area contributed by atoms with Crippen LogP contribution in [0, 0.1) is 21.7 Å². The molecule has 98 valence electrons. The molecule has 0 saturated heterocycles. The number of carbonyl (C=O) groups excluding carboxylic acids is 1. The molecular formula is C10H11F2N3O3. The number of nitrogens with zero attached hydrogens (tertiary/aromatic N) is 1. The molecule has 8 heteroatoms. The number of rotatable bonds is 5. The Hall–Kier alpha value is -2.25. The van der Waals surface area contributed by atoms with Gasteiger partial charge in [0.25, 0.3) is 5.69 Å². The zero-order chi connectivity index (χ0) is 13.7. The first kappa shape index (κ1) is 13.8. The highest BCUT2D eigenvalue weighted by molar-refractivity contribution is 5.80. The molecule has 0 saturated carbocycles. The lowest BCUT2D eigenvalue weighted by Gasteiger charge is -2.08. The second-order valence-electron chi connectivity index (χ2n) is 3.35. The smallest absolute Gasteiger partial charge is 0.275 e. The van der Waals surface area contributed by atoms with E-state index >= 15 is 0 Å². The van der Waals surface area contributed by atoms with Gasteiger partial charge in [-0.2, -0.15) is 0 Å². The third kappa shape index (κ3) is 3.37. The zero-order valence-corrected chi connectivity index (χ0v) is 9.50. The van der Waals surface area contributed by atoms with Crippen molar-refractivity contribution < 1.29 is 18.5 Å². The molecule has 1 rings (SSSR count). The fourth-order valence-corrected chi connectivity index (χ4v) is 1.26. The van der Waals surface area contributed by atoms with Crippen molar-refractivity contribution in [2.75, 3.05) is 18.4 Å². The van der Waals surface area contributed by atoms with Crippen molar-refractivity contribution >= 4 is 17.3 Å². The summed E-state index contributed by atoms with van der Waals surface area (Å²) in [6.07, 6.45) is 0. The van der Waals surface area contributed by atoms with E-state index in [9.17, 15) is 23.7 Å². The van der Waals surface area contributed by atoms with Crippen LogP contribution in [0.3, 0.4) is 0 Å². The molecule has 0 aliphatic rings. The van der Waals surface area contributed by atoms with Crippen LogP contribution < -0.4 is 10.6 Å². The first-order valence-electron chi connectivity index (χ1n) is 5.09. The van der Waals surface area contributed by atoms with Gasteiger partial charge in [-0.1, -0.05) is 0 Å². The number of benzene rings is 1. The molecule has 0 aliphatic carbocycles. The van der Waals surface area contributed by atoms with Gasteiger partial charge in [-0.05, 0) is 6.92 Å². The summed E-state index contributed by atoms with van der Waals surface area (Å²) in [5.74, 6) is -2.67. The molecule has 6 nitrogen and oxygen atoms in total. The van der Waals surface area contributed by atoms with Gasteiger partial charge < -0.3 is 10.6 Å². The average molecular weight is 259 g/mol. The fraction of sp³-hybridized carbons (Fsp3) is 0.300. The number of amides is 1. The van der Waals surface area contributed by atoms with E-state index < -0.39 is 33.8 Å². The highest BCUT2D eigenvalue weighted by Gasteiger charge is 2.17. The van der Waals surface area contributed by atoms with Crippen molar-refractivity contribution in [1.29, 1.82) is 0 Å². The molecule has 1 aromatic carbocycles. The van der Waals surface area contributed by atoms with E-state index in [4.69, 9.17) is 0 Å². The first-order chi connectivity index (χ1) is 8.45. The molecule has 0 radical (unpaired) electrons. The second kappa shape index (κ2) is 5.89. The van der Waals surface area contributed by atoms with Gasteiger partial charge in [-0.15, -0.1) is 0 Å². The maximum Gasteiger partial charge on any atom is 0.275 e. The number of nitro groups is 1. The molecule has 0 aromatic heterocycles. The lowest BCUT2D eigenvalue weighted by molar-refractivity contribution is -0.385. The van der Waals surface area contributed by atoms with E-state index in [0.29, 0.717) is 18.7 Å². The minimum Gasteiger partial charge on any atom is -0.371 e. The summed E-state index contributed by atoms with van der Waals surface area (Å²) < 4.78 is 26.7. The number of nitro benzene ring substituents is 1. The van der Waals surface area contributed by atoms with Crippen molar-refractivity contribution in [3.8, 4) is 0 Å². The molecule has 0 atom stereocenters. The molecule has 1 aromatic rings. The maximum atomic E-state index is 13.4. The third-order valence-electron chi connectivity index (χ3n) is 2.04. The minimum atomic E-state index is -1.12. The molecule has 0 heterocycles. The Kier molecular flexibility index (Phi) is 4.52. The Morgan fingerprint density at radius 3 is 2.39 bits per heavy atom. The molecule has 0 unspecified atom stereocenters. The van der Waals surface area contributed by atoms with Gasteiger partial charge in [0.2, 0.25) is 5.91 Å². The summed E-state index contributed by atoms with van der Waals surface area (Å²) in [6, 6.07) is 1.17. The number of hydrogen-bond acceptors (Lipinski definition) is 4. The number of nitrogens with one attached hydrogen (secondary N) is 2. The Morgan fingerprint density at radius 2 is 1.94 bits per heavy atom. The van der Waals surface area contributed by atoms with Crippen LogP contribution in [0.15, 0.2) is 12.1 Å². The summed E-state index contributed by atoms with van der Waals surface area (Å²) in [4.78, 5) is 20.5. The topological polar surface area (TPSA) is 84.3 Å². The van der Waals surface area contributed by atoms with Crippen molar-refractivity contribution in [1.82, 2.24) is 5.32 Å². The molecule has 18 heavy (non-hydrogen) atoms. The Bertz CT molecular complexity index is 456. The lowest BCUT2D eigenvalue weighted by atomic mass is 10.2. The van der Waals surface area contributed by atoms with Crippen molar-refractivity contribution in [3.63, 3.8) is 0 Å². The second-order valence-corrected chi connectivity index (χ2v) is 3.35. The van der Waals surface area contributed by atoms with Gasteiger partial charge >= 0.3 is 0 Å². The summed E-state index contributed by atoms with van der Waals surface area (Å²) >= 11 is 0. The Morgan fingerprint density at radius 1 is 1.39 bits per heavy atom. The summed E-state index contributed by atoms with van der Waals surface area (Å²) in [5.41, 5.74) is -1.25. The molecule has 1 amide bonds. The van der Waals surface area contributed by atoms with Crippen LogP contribution in [-0.2, 0) is 4.79 Å². The van der Waals surface area contributed by atoms with Crippen LogP contribution in [0.2, 0.25) is 0 Å². The van der Waals surface area contributed by atoms with Gasteiger partial charge in [0.15, 0.2) is 11.6 Å². The number of anilines is 1. The van der Waals surface area contributed by atoms with Crippen molar-refractivity contribution in [2.24, 2.45) is 0 Å². The average Bonchev–Trinajstić information content (AvgIpc) is 2.27. The van der Waals surface area contributed by atoms with E-state index in [2.05, 4.69) is 10.6 Å². The first-order valence-corrected chi connectivity index (χ1v) is 5.09. The monoisotopic (exact) mass is 259 g/mol. The van der Waals surface area contributed by atoms with E-state index in [0.717, 1.165) is 0 Å². The minimum absolute atomic E-state index is 0.320. The van der Waals surface area contributed by atoms with Crippen LogP contribution in [0.4, 0.5) is 20.2 Å². The number of halogens is 2. The van der Waals surface area contributed by atoms with E-state index in [-0.39, 0.29) is 6.54 Å². The number of hydrogen-bond donors (Lipinski definition) is 2. The summed E-state index contributed by atoms with van der Waals surface area (Å²) in [7, 11) is 0. The van der Waals surface area contributed by atoms with E-state index in [1.165, 1.54) is 0 Å². The van der Waals surface area contributed by atoms with Crippen molar-refractivity contribution in [3.05, 3.63) is 33.9 Å². The van der Waals surface area contributed by atoms with Gasteiger partial charge in [-0.3, -0.25) is 14.9 Å². The zero-order valence-electron chi connectivity index (χ0n) is 9.50. The lowest BCUT2D eigenvalue weighted by Crippen LogP contribution is -2.29. The number of likely N-dealkylation sites (N-methyl/N-ethyl adjacent to an activating group) is 1. The molecule has 0 aliphatic heterocycles.